The van der Waals surface area contributed by atoms with Gasteiger partial charge in [0.25, 0.3) is 0 Å². The van der Waals surface area contributed by atoms with Gasteiger partial charge >= 0.3 is 21.2 Å². The number of hydrogen-bond donors (Lipinski definition) is 4. The Hall–Kier alpha value is -5.46. The zero-order valence-corrected chi connectivity index (χ0v) is 52.1. The van der Waals surface area contributed by atoms with E-state index in [0.717, 1.165) is 0 Å². The lowest BCUT2D eigenvalue weighted by molar-refractivity contribution is -0.0620. The number of carbonyl (C=O) groups excluding carboxylic acids is 2. The molecule has 0 aliphatic carbocycles. The van der Waals surface area contributed by atoms with Crippen molar-refractivity contribution in [2.75, 3.05) is 71.0 Å². The van der Waals surface area contributed by atoms with Crippen LogP contribution in [0.25, 0.3) is 22.3 Å². The van der Waals surface area contributed by atoms with E-state index in [9.17, 15) is 28.9 Å². The molecule has 2 aliphatic heterocycles. The minimum absolute atomic E-state index is 0.0296. The smallest absolute Gasteiger partial charge is 0.338 e. The fourth-order valence-corrected chi connectivity index (χ4v) is 12.8. The second-order valence-corrected chi connectivity index (χ2v) is 31.4. The molecule has 0 radical (unpaired) electrons. The zero-order valence-electron chi connectivity index (χ0n) is 47.8. The van der Waals surface area contributed by atoms with Crippen LogP contribution in [0.3, 0.4) is 0 Å². The largest absolute Gasteiger partial charge is 0.481 e. The lowest BCUT2D eigenvalue weighted by Gasteiger charge is -2.43. The van der Waals surface area contributed by atoms with Crippen LogP contribution in [0, 0.1) is 23.2 Å². The second-order valence-electron chi connectivity index (χ2n) is 21.8. The number of aliphatic hydroxyl groups excluding tert-OH is 2. The molecule has 6 N–H and O–H groups in total. The van der Waals surface area contributed by atoms with Gasteiger partial charge in [-0.15, -0.1) is 6.42 Å². The third kappa shape index (κ3) is 14.5. The standard InChI is InChI=1S/C32H33ClN5O9P.C21H37ClN5O6PSi/c1-5-15-43-22-13-11-20(12-14-22)25(39)19-7-9-21(10-8-19)29(41)44-17-32(3)26(40)23(16-46-48(4,42)45-6-2)47-30(32)38-18-35-24-27(34)36-31(33)37-28(24)38;1-9-30-34(6,29)31-10-13-15(33-35(7,8)20(2,3)4)21(5,11-28)18(32-13)27-12-24-14-16(23)25-19(22)26-17(14)27/h1,7-14,18,23,26,30,40H,6,15-17H2,2-4H3,(H2,34,36,37);12-13,15,18,28H,9-11H2,1-8H3,(H2,23,25,26)/t23-,26?,30-,32+,48?;13-,15?,18-,21+,34?/m11/s1. The van der Waals surface area contributed by atoms with Gasteiger partial charge in [0.05, 0.1) is 74.3 Å². The number of terminal acetylenes is 1. The molecule has 4 unspecified atom stereocenters. The summed E-state index contributed by atoms with van der Waals surface area (Å²) in [5.41, 5.74) is 11.9. The van der Waals surface area contributed by atoms with E-state index < -0.39 is 77.2 Å². The van der Waals surface area contributed by atoms with E-state index in [2.05, 4.69) is 69.7 Å². The summed E-state index contributed by atoms with van der Waals surface area (Å²) in [7, 11) is -9.07. The summed E-state index contributed by atoms with van der Waals surface area (Å²) in [6.45, 7) is 19.9. The molecule has 2 aromatic carbocycles. The monoisotopic (exact) mass is 1250 g/mol. The molecule has 4 aromatic heterocycles. The third-order valence-electron chi connectivity index (χ3n) is 14.7. The molecule has 2 saturated heterocycles. The van der Waals surface area contributed by atoms with Crippen molar-refractivity contribution in [1.29, 1.82) is 0 Å². The summed E-state index contributed by atoms with van der Waals surface area (Å²) in [6, 6.07) is 12.5. The second kappa shape index (κ2) is 26.0. The number of nitrogens with two attached hydrogens (primary N) is 2. The van der Waals surface area contributed by atoms with Gasteiger partial charge in [-0.1, -0.05) is 45.7 Å². The molecule has 2 aliphatic rings. The maximum absolute atomic E-state index is 13.2. The summed E-state index contributed by atoms with van der Waals surface area (Å²) in [4.78, 5) is 51.3. The Kier molecular flexibility index (Phi) is 20.4. The first-order valence-electron chi connectivity index (χ1n) is 26.2. The molecule has 25 nitrogen and oxygen atoms in total. The van der Waals surface area contributed by atoms with Crippen LogP contribution in [0.1, 0.15) is 87.2 Å². The molecule has 0 bridgehead atoms. The highest BCUT2D eigenvalue weighted by Crippen LogP contribution is 2.53. The van der Waals surface area contributed by atoms with Gasteiger partial charge in [-0.05, 0) is 98.5 Å². The van der Waals surface area contributed by atoms with E-state index in [1.807, 2.05) is 6.92 Å². The lowest BCUT2D eigenvalue weighted by atomic mass is 9.83. The average molecular weight is 1250 g/mol. The number of carbonyl (C=O) groups is 2. The predicted molar refractivity (Wildman–Crippen MR) is 312 cm³/mol. The number of imidazole rings is 2. The Balaban J connectivity index is 0.000000251. The van der Waals surface area contributed by atoms with Gasteiger partial charge in [0.15, 0.2) is 37.0 Å². The van der Waals surface area contributed by atoms with Gasteiger partial charge in [0.1, 0.15) is 54.7 Å². The summed E-state index contributed by atoms with van der Waals surface area (Å²) in [5.74, 6) is 2.11. The highest BCUT2D eigenvalue weighted by atomic mass is 35.5. The van der Waals surface area contributed by atoms with E-state index >= 15 is 0 Å². The first-order valence-corrected chi connectivity index (χ1v) is 33.9. The molecular weight excluding hydrogens is 1180 g/mol. The lowest BCUT2D eigenvalue weighted by Crippen LogP contribution is -2.52. The van der Waals surface area contributed by atoms with Crippen LogP contribution in [-0.2, 0) is 45.9 Å². The van der Waals surface area contributed by atoms with E-state index in [4.69, 9.17) is 82.6 Å². The molecule has 0 spiro atoms. The number of rotatable bonds is 22. The Morgan fingerprint density at radius 3 is 1.70 bits per heavy atom. The van der Waals surface area contributed by atoms with E-state index in [-0.39, 0.29) is 96.0 Å². The fourth-order valence-electron chi connectivity index (χ4n) is 9.16. The maximum atomic E-state index is 13.2. The Morgan fingerprint density at radius 2 is 1.23 bits per heavy atom. The van der Waals surface area contributed by atoms with Crippen molar-refractivity contribution >= 4 is 92.4 Å². The molecule has 6 aromatic rings. The predicted octanol–water partition coefficient (Wildman–Crippen LogP) is 8.53. The van der Waals surface area contributed by atoms with Gasteiger partial charge in [0.2, 0.25) is 10.6 Å². The number of nitrogen functional groups attached to an aromatic ring is 2. The van der Waals surface area contributed by atoms with Crippen molar-refractivity contribution in [3.05, 3.63) is 88.4 Å². The number of esters is 1. The van der Waals surface area contributed by atoms with Crippen molar-refractivity contribution < 1.29 is 70.4 Å². The number of nitrogens with zero attached hydrogens (tertiary/aromatic N) is 8. The number of halogens is 2. The van der Waals surface area contributed by atoms with Gasteiger partial charge in [-0.3, -0.25) is 23.1 Å². The van der Waals surface area contributed by atoms with Crippen LogP contribution in [0.15, 0.2) is 61.2 Å². The molecule has 83 heavy (non-hydrogen) atoms. The average Bonchev–Trinajstić information content (AvgIpc) is 1.83. The Labute approximate surface area is 491 Å². The number of ketones is 1. The van der Waals surface area contributed by atoms with Crippen molar-refractivity contribution in [2.24, 2.45) is 10.8 Å². The van der Waals surface area contributed by atoms with E-state index in [1.54, 1.807) is 49.6 Å². The van der Waals surface area contributed by atoms with E-state index in [0.29, 0.717) is 28.0 Å². The number of anilines is 2. The van der Waals surface area contributed by atoms with Gasteiger partial charge in [0, 0.05) is 24.5 Å². The SMILES string of the molecule is C#CCOc1ccc(C(=O)c2ccc(C(=O)OC[C@@]3(C)C(O)[C@@H](COP(C)(=O)OCC)O[C@H]3n3cnc4c(N)nc(Cl)nc43)cc2)cc1.CCOP(C)(=O)OC[C@H]1O[C@@H](n2cnc3c(N)nc(Cl)nc32)[C@@](C)(CO)C1O[Si](C)(C)C(C)(C)C. The number of benzene rings is 2. The quantitative estimate of drug-likeness (QED) is 0.0123. The minimum atomic E-state index is -3.44. The molecule has 8 rings (SSSR count). The van der Waals surface area contributed by atoms with Crippen molar-refractivity contribution in [2.45, 2.75) is 103 Å². The molecule has 0 saturated carbocycles. The molecule has 6 heterocycles. The highest BCUT2D eigenvalue weighted by molar-refractivity contribution is 7.53. The molecule has 2 fully saturated rings. The number of ether oxygens (including phenoxy) is 4. The molecule has 450 valence electrons. The zero-order chi connectivity index (χ0) is 61.0. The normalized spacial score (nSPS) is 24.2. The minimum Gasteiger partial charge on any atom is -0.481 e. The topological polar surface area (TPSA) is 331 Å². The van der Waals surface area contributed by atoms with Gasteiger partial charge in [-0.25, -0.2) is 14.8 Å². The maximum Gasteiger partial charge on any atom is 0.338 e. The van der Waals surface area contributed by atoms with Crippen LogP contribution >= 0.6 is 38.4 Å². The molecule has 30 heteroatoms. The van der Waals surface area contributed by atoms with Crippen LogP contribution in [-0.4, -0.2) is 153 Å². The molecular formula is C53H70Cl2N10O15P2Si. The first kappa shape index (κ1) is 65.1. The van der Waals surface area contributed by atoms with Gasteiger partial charge in [-0.2, -0.15) is 19.9 Å². The van der Waals surface area contributed by atoms with Crippen molar-refractivity contribution in [3.63, 3.8) is 0 Å². The summed E-state index contributed by atoms with van der Waals surface area (Å²) < 4.78 is 80.7. The summed E-state index contributed by atoms with van der Waals surface area (Å²) in [5, 5.41) is 22.0. The Bertz CT molecular complexity index is 3440. The third-order valence-corrected chi connectivity index (χ3v) is 22.2. The molecule has 10 atom stereocenters. The van der Waals surface area contributed by atoms with Crippen LogP contribution in [0.4, 0.5) is 11.6 Å². The van der Waals surface area contributed by atoms with Crippen molar-refractivity contribution in [1.82, 2.24) is 39.0 Å². The van der Waals surface area contributed by atoms with Crippen LogP contribution < -0.4 is 16.2 Å². The van der Waals surface area contributed by atoms with E-state index in [1.165, 1.54) is 54.8 Å². The number of hydrogen-bond acceptors (Lipinski definition) is 23. The first-order chi connectivity index (χ1) is 38.9. The number of aromatic nitrogens is 8. The highest BCUT2D eigenvalue weighted by Gasteiger charge is 2.59. The Morgan fingerprint density at radius 1 is 0.771 bits per heavy atom. The fraction of sp³-hybridized carbons (Fsp3) is 0.509. The number of aliphatic hydroxyl groups is 2. The van der Waals surface area contributed by atoms with Crippen molar-refractivity contribution in [3.8, 4) is 18.1 Å². The number of fused-ring (bicyclic) bond motifs is 2. The van der Waals surface area contributed by atoms with Gasteiger partial charge < -0.3 is 63.1 Å². The van der Waals surface area contributed by atoms with Crippen LogP contribution in [0.2, 0.25) is 28.7 Å². The molecule has 0 amide bonds. The van der Waals surface area contributed by atoms with Crippen LogP contribution in [0.5, 0.6) is 5.75 Å². The summed E-state index contributed by atoms with van der Waals surface area (Å²) >= 11 is 12.1. The summed E-state index contributed by atoms with van der Waals surface area (Å²) in [6.07, 6.45) is 2.77.